The second kappa shape index (κ2) is 9.06. The summed E-state index contributed by atoms with van der Waals surface area (Å²) >= 11 is 1.85. The lowest BCUT2D eigenvalue weighted by Crippen LogP contribution is -2.51. The third-order valence-corrected chi connectivity index (χ3v) is 10.3. The van der Waals surface area contributed by atoms with Crippen LogP contribution < -0.4 is 4.90 Å². The van der Waals surface area contributed by atoms with Gasteiger partial charge in [0.2, 0.25) is 0 Å². The van der Waals surface area contributed by atoms with Crippen LogP contribution in [0.4, 0.5) is 5.82 Å². The van der Waals surface area contributed by atoms with Gasteiger partial charge in [-0.05, 0) is 49.3 Å². The Labute approximate surface area is 205 Å². The number of fused-ring (bicyclic) bond motifs is 3. The topological polar surface area (TPSA) is 66.4 Å². The Balaban J connectivity index is 1.31. The highest BCUT2D eigenvalue weighted by Crippen LogP contribution is 2.40. The fourth-order valence-corrected chi connectivity index (χ4v) is 8.58. The van der Waals surface area contributed by atoms with Crippen molar-refractivity contribution in [2.75, 3.05) is 42.6 Å². The first-order valence-corrected chi connectivity index (χ1v) is 14.9. The van der Waals surface area contributed by atoms with Gasteiger partial charge in [0.1, 0.15) is 10.6 Å². The average Bonchev–Trinajstić information content (AvgIpc) is 3.42. The summed E-state index contributed by atoms with van der Waals surface area (Å²) in [6.07, 6.45) is 9.63. The molecule has 0 amide bonds. The SMILES string of the molecule is O=S1(=O)CCC(N2CCN(c3nc(/C=C/c4ccccc4)nc4sc5c(c34)CCCC5)CC2)C1. The maximum Gasteiger partial charge on any atom is 0.155 e. The molecular formula is C26H30N4O2S2. The van der Waals surface area contributed by atoms with Crippen molar-refractivity contribution in [1.82, 2.24) is 14.9 Å². The fraction of sp³-hybridized carbons (Fsp3) is 0.462. The number of hydrogen-bond acceptors (Lipinski definition) is 7. The molecule has 6 rings (SSSR count). The number of aryl methyl sites for hydroxylation is 2. The Hall–Kier alpha value is -2.29. The predicted molar refractivity (Wildman–Crippen MR) is 140 cm³/mol. The zero-order valence-corrected chi connectivity index (χ0v) is 21.0. The van der Waals surface area contributed by atoms with Crippen LogP contribution in [0.2, 0.25) is 0 Å². The van der Waals surface area contributed by atoms with Crippen molar-refractivity contribution < 1.29 is 8.42 Å². The Kier molecular flexibility index (Phi) is 5.91. The molecule has 1 unspecified atom stereocenters. The quantitative estimate of drug-likeness (QED) is 0.545. The van der Waals surface area contributed by atoms with Gasteiger partial charge in [0, 0.05) is 37.1 Å². The van der Waals surface area contributed by atoms with Gasteiger partial charge in [0.05, 0.1) is 16.9 Å². The lowest BCUT2D eigenvalue weighted by molar-refractivity contribution is 0.200. The molecule has 2 saturated heterocycles. The number of anilines is 1. The van der Waals surface area contributed by atoms with E-state index in [2.05, 4.69) is 28.0 Å². The van der Waals surface area contributed by atoms with E-state index < -0.39 is 9.84 Å². The van der Waals surface area contributed by atoms with Gasteiger partial charge in [-0.3, -0.25) is 4.90 Å². The average molecular weight is 495 g/mol. The number of rotatable bonds is 4. The Morgan fingerprint density at radius 2 is 1.76 bits per heavy atom. The van der Waals surface area contributed by atoms with E-state index in [0.717, 1.165) is 67.5 Å². The van der Waals surface area contributed by atoms with E-state index >= 15 is 0 Å². The van der Waals surface area contributed by atoms with Gasteiger partial charge >= 0.3 is 0 Å². The van der Waals surface area contributed by atoms with Crippen LogP contribution in [0.25, 0.3) is 22.4 Å². The molecule has 1 atom stereocenters. The lowest BCUT2D eigenvalue weighted by atomic mass is 9.97. The third-order valence-electron chi connectivity index (χ3n) is 7.38. The molecule has 2 aromatic heterocycles. The number of hydrogen-bond donors (Lipinski definition) is 0. The van der Waals surface area contributed by atoms with Gasteiger partial charge in [0.25, 0.3) is 0 Å². The summed E-state index contributed by atoms with van der Waals surface area (Å²) in [7, 11) is -2.86. The molecule has 0 spiro atoms. The number of aromatic nitrogens is 2. The number of benzene rings is 1. The van der Waals surface area contributed by atoms with Gasteiger partial charge < -0.3 is 4.90 Å². The van der Waals surface area contributed by atoms with Gasteiger partial charge in [-0.2, -0.15) is 0 Å². The van der Waals surface area contributed by atoms with E-state index in [-0.39, 0.29) is 6.04 Å². The maximum atomic E-state index is 12.0. The van der Waals surface area contributed by atoms with Gasteiger partial charge in [-0.15, -0.1) is 11.3 Å². The maximum absolute atomic E-state index is 12.0. The van der Waals surface area contributed by atoms with Crippen molar-refractivity contribution in [3.05, 3.63) is 52.2 Å². The summed E-state index contributed by atoms with van der Waals surface area (Å²) in [6, 6.07) is 10.4. The van der Waals surface area contributed by atoms with Crippen LogP contribution in [0, 0.1) is 0 Å². The van der Waals surface area contributed by atoms with Crippen LogP contribution in [0.3, 0.4) is 0 Å². The minimum Gasteiger partial charge on any atom is -0.353 e. The summed E-state index contributed by atoms with van der Waals surface area (Å²) in [6.45, 7) is 3.50. The van der Waals surface area contributed by atoms with Crippen LogP contribution >= 0.6 is 11.3 Å². The highest BCUT2D eigenvalue weighted by molar-refractivity contribution is 7.91. The van der Waals surface area contributed by atoms with Crippen LogP contribution in [0.1, 0.15) is 41.1 Å². The van der Waals surface area contributed by atoms with Crippen LogP contribution in [-0.4, -0.2) is 67.0 Å². The molecule has 0 radical (unpaired) electrons. The number of piperazine rings is 1. The first-order chi connectivity index (χ1) is 16.6. The zero-order valence-electron chi connectivity index (χ0n) is 19.3. The van der Waals surface area contributed by atoms with Crippen molar-refractivity contribution in [2.45, 2.75) is 38.1 Å². The largest absolute Gasteiger partial charge is 0.353 e. The molecule has 4 heterocycles. The molecule has 8 heteroatoms. The Morgan fingerprint density at radius 1 is 0.971 bits per heavy atom. The smallest absolute Gasteiger partial charge is 0.155 e. The minimum atomic E-state index is -2.86. The van der Waals surface area contributed by atoms with Crippen LogP contribution in [0.15, 0.2) is 30.3 Å². The molecule has 2 fully saturated rings. The van der Waals surface area contributed by atoms with Crippen LogP contribution in [0.5, 0.6) is 0 Å². The first-order valence-electron chi connectivity index (χ1n) is 12.3. The fourth-order valence-electron chi connectivity index (χ4n) is 5.55. The number of sulfone groups is 1. The summed E-state index contributed by atoms with van der Waals surface area (Å²) in [4.78, 5) is 17.4. The highest BCUT2D eigenvalue weighted by Gasteiger charge is 2.34. The van der Waals surface area contributed by atoms with E-state index in [1.54, 1.807) is 0 Å². The van der Waals surface area contributed by atoms with Crippen molar-refractivity contribution in [2.24, 2.45) is 0 Å². The van der Waals surface area contributed by atoms with E-state index in [4.69, 9.17) is 9.97 Å². The molecule has 1 aromatic carbocycles. The summed E-state index contributed by atoms with van der Waals surface area (Å²) in [5.41, 5.74) is 2.60. The van der Waals surface area contributed by atoms with Crippen LogP contribution in [-0.2, 0) is 22.7 Å². The summed E-state index contributed by atoms with van der Waals surface area (Å²) in [5.74, 6) is 2.48. The predicted octanol–water partition coefficient (Wildman–Crippen LogP) is 4.05. The molecule has 2 aliphatic heterocycles. The zero-order chi connectivity index (χ0) is 23.1. The number of nitrogens with zero attached hydrogens (tertiary/aromatic N) is 4. The second-order valence-electron chi connectivity index (χ2n) is 9.62. The minimum absolute atomic E-state index is 0.177. The molecule has 3 aliphatic rings. The molecule has 6 nitrogen and oxygen atoms in total. The Bertz CT molecular complexity index is 1330. The van der Waals surface area contributed by atoms with Crippen molar-refractivity contribution in [3.63, 3.8) is 0 Å². The molecule has 0 saturated carbocycles. The van der Waals surface area contributed by atoms with Crippen molar-refractivity contribution in [1.29, 1.82) is 0 Å². The molecule has 1 aliphatic carbocycles. The van der Waals surface area contributed by atoms with Gasteiger partial charge in [0.15, 0.2) is 15.7 Å². The monoisotopic (exact) mass is 494 g/mol. The first kappa shape index (κ1) is 22.2. The summed E-state index contributed by atoms with van der Waals surface area (Å²) < 4.78 is 23.9. The van der Waals surface area contributed by atoms with E-state index in [1.807, 2.05) is 35.6 Å². The molecule has 34 heavy (non-hydrogen) atoms. The molecule has 0 bridgehead atoms. The molecule has 3 aromatic rings. The highest BCUT2D eigenvalue weighted by atomic mass is 32.2. The van der Waals surface area contributed by atoms with Crippen molar-refractivity contribution in [3.8, 4) is 0 Å². The van der Waals surface area contributed by atoms with E-state index in [1.165, 1.54) is 28.7 Å². The van der Waals surface area contributed by atoms with Gasteiger partial charge in [-0.1, -0.05) is 36.4 Å². The molecule has 178 valence electrons. The molecule has 0 N–H and O–H groups in total. The number of thiophene rings is 1. The Morgan fingerprint density at radius 3 is 2.53 bits per heavy atom. The third kappa shape index (κ3) is 4.39. The van der Waals surface area contributed by atoms with E-state index in [0.29, 0.717) is 11.5 Å². The summed E-state index contributed by atoms with van der Waals surface area (Å²) in [5, 5.41) is 1.26. The van der Waals surface area contributed by atoms with Gasteiger partial charge in [-0.25, -0.2) is 18.4 Å². The van der Waals surface area contributed by atoms with Crippen molar-refractivity contribution >= 4 is 49.4 Å². The molecular weight excluding hydrogens is 464 g/mol. The normalized spacial score (nSPS) is 23.1. The second-order valence-corrected chi connectivity index (χ2v) is 12.9. The standard InChI is InChI=1S/C26H30N4O2S2/c31-34(32)17-12-20(18-34)29-13-15-30(16-14-29)25-24-21-8-4-5-9-22(21)33-26(24)28-23(27-25)11-10-19-6-2-1-3-7-19/h1-3,6-7,10-11,20H,4-5,8-9,12-18H2/b11-10+. The van der Waals surface area contributed by atoms with E-state index in [9.17, 15) is 8.42 Å². The lowest BCUT2D eigenvalue weighted by Gasteiger charge is -2.38.